The number of nitrogen functional groups attached to an aromatic ring is 1. The largest absolute Gasteiger partial charge is 0.383 e. The highest BCUT2D eigenvalue weighted by molar-refractivity contribution is 7.10. The molecule has 0 unspecified atom stereocenters. The van der Waals surface area contributed by atoms with Crippen LogP contribution in [0.5, 0.6) is 0 Å². The molecule has 0 bridgehead atoms. The lowest BCUT2D eigenvalue weighted by Gasteiger charge is -2.05. The van der Waals surface area contributed by atoms with Crippen LogP contribution in [-0.2, 0) is 6.54 Å². The standard InChI is InChI=1S/C12H14N4S/c13-11-10(8-4-5-8)12(17-16-11)15-7-9-3-1-2-6-14-9/h1-3,6,8,15H,4-5,7H2,(H2,13,16). The molecule has 1 fully saturated rings. The quantitative estimate of drug-likeness (QED) is 0.870. The second kappa shape index (κ2) is 4.33. The van der Waals surface area contributed by atoms with E-state index in [9.17, 15) is 0 Å². The molecule has 2 heterocycles. The molecule has 1 saturated carbocycles. The fraction of sp³-hybridized carbons (Fsp3) is 0.333. The minimum Gasteiger partial charge on any atom is -0.383 e. The first-order chi connectivity index (χ1) is 8.34. The number of pyridine rings is 1. The number of nitrogens with one attached hydrogen (secondary N) is 1. The van der Waals surface area contributed by atoms with E-state index in [4.69, 9.17) is 5.73 Å². The van der Waals surface area contributed by atoms with Crippen molar-refractivity contribution in [1.29, 1.82) is 0 Å². The molecule has 0 amide bonds. The maximum atomic E-state index is 5.89. The molecule has 3 N–H and O–H groups in total. The van der Waals surface area contributed by atoms with Gasteiger partial charge in [-0.15, -0.1) is 0 Å². The number of nitrogens with zero attached hydrogens (tertiary/aromatic N) is 2. The second-order valence-electron chi connectivity index (χ2n) is 4.26. The molecule has 1 aliphatic carbocycles. The smallest absolute Gasteiger partial charge is 0.142 e. The summed E-state index contributed by atoms with van der Waals surface area (Å²) in [5.74, 6) is 1.32. The van der Waals surface area contributed by atoms with E-state index in [-0.39, 0.29) is 0 Å². The lowest BCUT2D eigenvalue weighted by Crippen LogP contribution is -2.02. The molecular weight excluding hydrogens is 232 g/mol. The zero-order valence-electron chi connectivity index (χ0n) is 9.39. The first-order valence-corrected chi connectivity index (χ1v) is 6.51. The molecule has 5 heteroatoms. The summed E-state index contributed by atoms with van der Waals surface area (Å²) in [6, 6.07) is 5.92. The third-order valence-electron chi connectivity index (χ3n) is 2.90. The number of hydrogen-bond acceptors (Lipinski definition) is 5. The van der Waals surface area contributed by atoms with Crippen molar-refractivity contribution >= 4 is 22.4 Å². The number of nitrogens with two attached hydrogens (primary N) is 1. The van der Waals surface area contributed by atoms with Gasteiger partial charge in [-0.1, -0.05) is 6.07 Å². The van der Waals surface area contributed by atoms with E-state index in [1.807, 2.05) is 18.2 Å². The third kappa shape index (κ3) is 2.24. The van der Waals surface area contributed by atoms with Gasteiger partial charge in [-0.2, -0.15) is 4.37 Å². The van der Waals surface area contributed by atoms with Crippen LogP contribution in [-0.4, -0.2) is 9.36 Å². The van der Waals surface area contributed by atoms with Gasteiger partial charge < -0.3 is 11.1 Å². The summed E-state index contributed by atoms with van der Waals surface area (Å²) in [5.41, 5.74) is 8.14. The lowest BCUT2D eigenvalue weighted by molar-refractivity contribution is 1.04. The molecule has 2 aromatic heterocycles. The maximum absolute atomic E-state index is 5.89. The van der Waals surface area contributed by atoms with E-state index in [0.717, 1.165) is 17.2 Å². The average molecular weight is 246 g/mol. The predicted octanol–water partition coefficient (Wildman–Crippen LogP) is 2.61. The maximum Gasteiger partial charge on any atom is 0.142 e. The Labute approximate surface area is 104 Å². The topological polar surface area (TPSA) is 63.8 Å². The van der Waals surface area contributed by atoms with E-state index in [1.54, 1.807) is 6.20 Å². The van der Waals surface area contributed by atoms with Gasteiger partial charge in [0.2, 0.25) is 0 Å². The molecule has 17 heavy (non-hydrogen) atoms. The Bertz CT molecular complexity index is 504. The SMILES string of the molecule is Nc1nsc(NCc2ccccn2)c1C1CC1. The molecule has 4 nitrogen and oxygen atoms in total. The van der Waals surface area contributed by atoms with Crippen LogP contribution >= 0.6 is 11.5 Å². The molecule has 0 aromatic carbocycles. The number of rotatable bonds is 4. The predicted molar refractivity (Wildman–Crippen MR) is 70.1 cm³/mol. The average Bonchev–Trinajstić information content (AvgIpc) is 3.12. The monoisotopic (exact) mass is 246 g/mol. The van der Waals surface area contributed by atoms with Crippen LogP contribution in [0.1, 0.15) is 30.0 Å². The molecule has 0 atom stereocenters. The summed E-state index contributed by atoms with van der Waals surface area (Å²) in [7, 11) is 0. The Morgan fingerprint density at radius 1 is 1.41 bits per heavy atom. The van der Waals surface area contributed by atoms with E-state index in [0.29, 0.717) is 11.7 Å². The molecule has 0 saturated heterocycles. The Hall–Kier alpha value is -1.62. The van der Waals surface area contributed by atoms with Crippen LogP contribution in [0.15, 0.2) is 24.4 Å². The van der Waals surface area contributed by atoms with Gasteiger partial charge in [0.15, 0.2) is 0 Å². The van der Waals surface area contributed by atoms with Crippen molar-refractivity contribution in [3.8, 4) is 0 Å². The van der Waals surface area contributed by atoms with Crippen molar-refractivity contribution in [1.82, 2.24) is 9.36 Å². The summed E-state index contributed by atoms with van der Waals surface area (Å²) >= 11 is 1.45. The van der Waals surface area contributed by atoms with Crippen LogP contribution in [0.3, 0.4) is 0 Å². The van der Waals surface area contributed by atoms with Crippen LogP contribution in [0.25, 0.3) is 0 Å². The first kappa shape index (κ1) is 10.5. The van der Waals surface area contributed by atoms with Crippen LogP contribution in [0, 0.1) is 0 Å². The van der Waals surface area contributed by atoms with Gasteiger partial charge in [-0.3, -0.25) is 4.98 Å². The van der Waals surface area contributed by atoms with Gasteiger partial charge in [0.05, 0.1) is 12.2 Å². The second-order valence-corrected chi connectivity index (χ2v) is 5.03. The molecule has 0 radical (unpaired) electrons. The van der Waals surface area contributed by atoms with E-state index >= 15 is 0 Å². The van der Waals surface area contributed by atoms with Crippen molar-refractivity contribution in [3.63, 3.8) is 0 Å². The van der Waals surface area contributed by atoms with Crippen LogP contribution in [0.4, 0.5) is 10.8 Å². The van der Waals surface area contributed by atoms with Crippen molar-refractivity contribution in [3.05, 3.63) is 35.7 Å². The minimum atomic E-state index is 0.625. The summed E-state index contributed by atoms with van der Waals surface area (Å²) in [6.07, 6.45) is 4.28. The van der Waals surface area contributed by atoms with Gasteiger partial charge in [0.1, 0.15) is 10.8 Å². The molecule has 3 rings (SSSR count). The zero-order chi connectivity index (χ0) is 11.7. The van der Waals surface area contributed by atoms with Gasteiger partial charge >= 0.3 is 0 Å². The Kier molecular flexibility index (Phi) is 2.68. The Morgan fingerprint density at radius 2 is 2.29 bits per heavy atom. The van der Waals surface area contributed by atoms with Crippen molar-refractivity contribution in [2.75, 3.05) is 11.1 Å². The van der Waals surface area contributed by atoms with Crippen molar-refractivity contribution in [2.45, 2.75) is 25.3 Å². The van der Waals surface area contributed by atoms with E-state index in [1.165, 1.54) is 29.9 Å². The third-order valence-corrected chi connectivity index (χ3v) is 3.73. The van der Waals surface area contributed by atoms with Crippen molar-refractivity contribution < 1.29 is 0 Å². The normalized spacial score (nSPS) is 14.8. The fourth-order valence-electron chi connectivity index (χ4n) is 1.88. The van der Waals surface area contributed by atoms with Gasteiger partial charge in [0.25, 0.3) is 0 Å². The van der Waals surface area contributed by atoms with Gasteiger partial charge in [-0.05, 0) is 42.4 Å². The first-order valence-electron chi connectivity index (χ1n) is 5.73. The lowest BCUT2D eigenvalue weighted by atomic mass is 10.2. The summed E-state index contributed by atoms with van der Waals surface area (Å²) < 4.78 is 4.23. The summed E-state index contributed by atoms with van der Waals surface area (Å²) in [4.78, 5) is 4.28. The van der Waals surface area contributed by atoms with Crippen LogP contribution in [0.2, 0.25) is 0 Å². The summed E-state index contributed by atoms with van der Waals surface area (Å²) in [6.45, 7) is 0.724. The Morgan fingerprint density at radius 3 is 3.00 bits per heavy atom. The van der Waals surface area contributed by atoms with Crippen LogP contribution < -0.4 is 11.1 Å². The van der Waals surface area contributed by atoms with E-state index in [2.05, 4.69) is 14.7 Å². The van der Waals surface area contributed by atoms with E-state index < -0.39 is 0 Å². The highest BCUT2D eigenvalue weighted by Gasteiger charge is 2.30. The highest BCUT2D eigenvalue weighted by Crippen LogP contribution is 2.47. The summed E-state index contributed by atoms with van der Waals surface area (Å²) in [5, 5.41) is 4.49. The minimum absolute atomic E-state index is 0.625. The number of aromatic nitrogens is 2. The Balaban J connectivity index is 1.73. The zero-order valence-corrected chi connectivity index (χ0v) is 10.2. The molecule has 88 valence electrons. The van der Waals surface area contributed by atoms with Crippen molar-refractivity contribution in [2.24, 2.45) is 0 Å². The molecule has 0 aliphatic heterocycles. The molecule has 1 aliphatic rings. The number of anilines is 2. The molecular formula is C12H14N4S. The molecule has 2 aromatic rings. The van der Waals surface area contributed by atoms with Gasteiger partial charge in [0, 0.05) is 11.8 Å². The fourth-order valence-corrected chi connectivity index (χ4v) is 2.67. The van der Waals surface area contributed by atoms with Gasteiger partial charge in [-0.25, -0.2) is 0 Å². The molecule has 0 spiro atoms. The highest BCUT2D eigenvalue weighted by atomic mass is 32.1. The number of hydrogen-bond donors (Lipinski definition) is 2.